The number of rotatable bonds is 4. The number of fused-ring (bicyclic) bond motifs is 1. The van der Waals surface area contributed by atoms with Gasteiger partial charge in [-0.05, 0) is 66.4 Å². The van der Waals surface area contributed by atoms with Crippen molar-refractivity contribution in [2.45, 2.75) is 29.9 Å². The zero-order valence-corrected chi connectivity index (χ0v) is 18.9. The van der Waals surface area contributed by atoms with Crippen LogP contribution in [0.15, 0.2) is 60.7 Å². The monoisotopic (exact) mass is 436 g/mol. The number of esters is 1. The van der Waals surface area contributed by atoms with Gasteiger partial charge in [-0.2, -0.15) is 0 Å². The maximum atomic E-state index is 12.7. The van der Waals surface area contributed by atoms with Gasteiger partial charge < -0.3 is 9.47 Å². The van der Waals surface area contributed by atoms with Gasteiger partial charge in [0, 0.05) is 17.1 Å². The molecule has 0 saturated heterocycles. The number of thioether (sulfide) groups is 2. The molecule has 30 heavy (non-hydrogen) atoms. The highest BCUT2D eigenvalue weighted by Crippen LogP contribution is 2.49. The molecule has 5 heteroatoms. The Hall–Kier alpha value is -2.37. The Morgan fingerprint density at radius 3 is 2.10 bits per heavy atom. The zero-order valence-electron chi connectivity index (χ0n) is 17.3. The van der Waals surface area contributed by atoms with E-state index < -0.39 is 0 Å². The maximum absolute atomic E-state index is 12.7. The normalized spacial score (nSPS) is 14.0. The third-order valence-corrected chi connectivity index (χ3v) is 8.18. The summed E-state index contributed by atoms with van der Waals surface area (Å²) in [5.74, 6) is 2.89. The Morgan fingerprint density at radius 2 is 1.50 bits per heavy atom. The minimum atomic E-state index is -0.358. The molecule has 0 bridgehead atoms. The summed E-state index contributed by atoms with van der Waals surface area (Å²) in [5, 5.41) is 0. The number of hydrogen-bond acceptors (Lipinski definition) is 5. The van der Waals surface area contributed by atoms with Crippen molar-refractivity contribution in [1.82, 2.24) is 0 Å². The molecular weight excluding hydrogens is 412 g/mol. The Morgan fingerprint density at radius 1 is 0.900 bits per heavy atom. The van der Waals surface area contributed by atoms with E-state index in [-0.39, 0.29) is 10.6 Å². The Kier molecular flexibility index (Phi) is 6.40. The highest BCUT2D eigenvalue weighted by molar-refractivity contribution is 8.15. The van der Waals surface area contributed by atoms with Crippen molar-refractivity contribution >= 4 is 29.5 Å². The zero-order chi connectivity index (χ0) is 21.1. The van der Waals surface area contributed by atoms with Crippen molar-refractivity contribution < 1.29 is 14.3 Å². The van der Waals surface area contributed by atoms with Gasteiger partial charge in [0.25, 0.3) is 0 Å². The molecule has 0 fully saturated rings. The highest BCUT2D eigenvalue weighted by Gasteiger charge is 2.23. The van der Waals surface area contributed by atoms with Gasteiger partial charge in [-0.3, -0.25) is 0 Å². The van der Waals surface area contributed by atoms with Gasteiger partial charge in [-0.25, -0.2) is 4.79 Å². The van der Waals surface area contributed by atoms with E-state index in [1.807, 2.05) is 41.7 Å². The topological polar surface area (TPSA) is 35.5 Å². The van der Waals surface area contributed by atoms with Crippen LogP contribution in [0.4, 0.5) is 0 Å². The minimum absolute atomic E-state index is 0.206. The van der Waals surface area contributed by atoms with Crippen LogP contribution in [0.1, 0.15) is 42.8 Å². The molecular formula is C25H24O3S2. The molecule has 0 N–H and O–H groups in total. The Bertz CT molecular complexity index is 1030. The van der Waals surface area contributed by atoms with Gasteiger partial charge >= 0.3 is 5.97 Å². The van der Waals surface area contributed by atoms with E-state index in [4.69, 9.17) is 9.47 Å². The molecule has 1 heterocycles. The summed E-state index contributed by atoms with van der Waals surface area (Å²) >= 11 is 3.78. The van der Waals surface area contributed by atoms with Crippen LogP contribution in [0.2, 0.25) is 0 Å². The predicted molar refractivity (Wildman–Crippen MR) is 126 cm³/mol. The van der Waals surface area contributed by atoms with Gasteiger partial charge in [-0.1, -0.05) is 30.3 Å². The van der Waals surface area contributed by atoms with Crippen molar-refractivity contribution in [3.8, 4) is 11.5 Å². The van der Waals surface area contributed by atoms with Crippen LogP contribution in [0.25, 0.3) is 0 Å². The molecule has 154 valence electrons. The van der Waals surface area contributed by atoms with E-state index >= 15 is 0 Å². The van der Waals surface area contributed by atoms with Crippen LogP contribution >= 0.6 is 23.5 Å². The summed E-state index contributed by atoms with van der Waals surface area (Å²) in [6.07, 6.45) is 0. The Labute approximate surface area is 186 Å². The number of carbonyl (C=O) groups is 1. The third-order valence-electron chi connectivity index (χ3n) is 5.30. The van der Waals surface area contributed by atoms with Crippen LogP contribution < -0.4 is 9.47 Å². The molecule has 0 atom stereocenters. The van der Waals surface area contributed by atoms with E-state index in [1.54, 1.807) is 31.4 Å². The largest absolute Gasteiger partial charge is 0.497 e. The summed E-state index contributed by atoms with van der Waals surface area (Å²) in [4.78, 5) is 12.7. The van der Waals surface area contributed by atoms with Gasteiger partial charge in [0.2, 0.25) is 0 Å². The van der Waals surface area contributed by atoms with Crippen LogP contribution in [0, 0.1) is 13.8 Å². The second-order valence-electron chi connectivity index (χ2n) is 7.31. The predicted octanol–water partition coefficient (Wildman–Crippen LogP) is 6.71. The highest BCUT2D eigenvalue weighted by atomic mass is 32.2. The fourth-order valence-corrected chi connectivity index (χ4v) is 6.16. The number of para-hydroxylation sites is 1. The molecule has 0 spiro atoms. The smallest absolute Gasteiger partial charge is 0.343 e. The van der Waals surface area contributed by atoms with E-state index in [0.717, 1.165) is 17.1 Å². The number of benzene rings is 3. The van der Waals surface area contributed by atoms with Crippen LogP contribution in [0.5, 0.6) is 11.5 Å². The first-order valence-electron chi connectivity index (χ1n) is 9.82. The number of hydrogen-bond donors (Lipinski definition) is 0. The standard InChI is InChI=1S/C25H24O3S2/c1-16-12-19-14-29-25(30-15-20(19)13-17(16)2)22-6-4-5-7-23(22)28-24(26)18-8-10-21(27-3)11-9-18/h4-13,25H,14-15H2,1-3H3. The summed E-state index contributed by atoms with van der Waals surface area (Å²) in [7, 11) is 1.60. The van der Waals surface area contributed by atoms with Crippen molar-refractivity contribution in [3.05, 3.63) is 94.0 Å². The lowest BCUT2D eigenvalue weighted by Gasteiger charge is -2.17. The molecule has 0 amide bonds. The summed E-state index contributed by atoms with van der Waals surface area (Å²) in [6.45, 7) is 4.34. The lowest BCUT2D eigenvalue weighted by atomic mass is 10.0. The number of methoxy groups -OCH3 is 1. The molecule has 0 unspecified atom stereocenters. The van der Waals surface area contributed by atoms with Gasteiger partial charge in [0.1, 0.15) is 11.5 Å². The first-order chi connectivity index (χ1) is 14.5. The number of carbonyl (C=O) groups excluding carboxylic acids is 1. The minimum Gasteiger partial charge on any atom is -0.497 e. The number of aryl methyl sites for hydroxylation is 2. The SMILES string of the molecule is COc1ccc(C(=O)Oc2ccccc2C2SCc3cc(C)c(C)cc3CS2)cc1. The lowest BCUT2D eigenvalue weighted by molar-refractivity contribution is 0.0733. The summed E-state index contributed by atoms with van der Waals surface area (Å²) in [6, 6.07) is 19.5. The van der Waals surface area contributed by atoms with E-state index in [2.05, 4.69) is 32.0 Å². The molecule has 1 aliphatic heterocycles. The molecule has 1 aliphatic rings. The van der Waals surface area contributed by atoms with Crippen molar-refractivity contribution in [2.75, 3.05) is 7.11 Å². The fraction of sp³-hybridized carbons (Fsp3) is 0.240. The van der Waals surface area contributed by atoms with Crippen LogP contribution in [-0.2, 0) is 11.5 Å². The number of ether oxygens (including phenoxy) is 2. The molecule has 0 aliphatic carbocycles. The van der Waals surface area contributed by atoms with Crippen LogP contribution in [-0.4, -0.2) is 13.1 Å². The van der Waals surface area contributed by atoms with E-state index in [1.165, 1.54) is 22.3 Å². The molecule has 0 aromatic heterocycles. The average Bonchev–Trinajstić information content (AvgIpc) is 2.97. The molecule has 0 saturated carbocycles. The van der Waals surface area contributed by atoms with E-state index in [0.29, 0.717) is 17.1 Å². The summed E-state index contributed by atoms with van der Waals surface area (Å²) in [5.41, 5.74) is 7.05. The molecule has 3 aromatic rings. The quantitative estimate of drug-likeness (QED) is 0.335. The maximum Gasteiger partial charge on any atom is 0.343 e. The fourth-order valence-electron chi connectivity index (χ4n) is 3.42. The molecule has 4 rings (SSSR count). The van der Waals surface area contributed by atoms with Crippen molar-refractivity contribution in [2.24, 2.45) is 0 Å². The second kappa shape index (κ2) is 9.19. The molecule has 0 radical (unpaired) electrons. The average molecular weight is 437 g/mol. The second-order valence-corrected chi connectivity index (χ2v) is 9.80. The first-order valence-corrected chi connectivity index (χ1v) is 11.9. The molecule has 3 aromatic carbocycles. The van der Waals surface area contributed by atoms with Gasteiger partial charge in [0.15, 0.2) is 0 Å². The lowest BCUT2D eigenvalue weighted by Crippen LogP contribution is -2.10. The molecule has 3 nitrogen and oxygen atoms in total. The van der Waals surface area contributed by atoms with Crippen LogP contribution in [0.3, 0.4) is 0 Å². The Balaban J connectivity index is 1.54. The first kappa shape index (κ1) is 20.9. The van der Waals surface area contributed by atoms with Gasteiger partial charge in [0.05, 0.1) is 17.3 Å². The van der Waals surface area contributed by atoms with Crippen molar-refractivity contribution in [3.63, 3.8) is 0 Å². The van der Waals surface area contributed by atoms with Crippen molar-refractivity contribution in [1.29, 1.82) is 0 Å². The van der Waals surface area contributed by atoms with Gasteiger partial charge in [-0.15, -0.1) is 23.5 Å². The third kappa shape index (κ3) is 4.52. The summed E-state index contributed by atoms with van der Waals surface area (Å²) < 4.78 is 11.2. The van der Waals surface area contributed by atoms with E-state index in [9.17, 15) is 4.79 Å².